The highest BCUT2D eigenvalue weighted by molar-refractivity contribution is 7.86. The summed E-state index contributed by atoms with van der Waals surface area (Å²) in [5.41, 5.74) is 0.599. The normalized spacial score (nSPS) is 11.8. The van der Waals surface area contributed by atoms with Gasteiger partial charge >= 0.3 is 0 Å². The van der Waals surface area contributed by atoms with Crippen molar-refractivity contribution in [2.45, 2.75) is 24.8 Å². The van der Waals surface area contributed by atoms with Gasteiger partial charge < -0.3 is 5.32 Å². The van der Waals surface area contributed by atoms with Crippen molar-refractivity contribution in [1.82, 2.24) is 0 Å². The number of halogens is 1. The van der Waals surface area contributed by atoms with Crippen molar-refractivity contribution in [3.63, 3.8) is 0 Å². The minimum Gasteiger partial charge on any atom is -0.383 e. The van der Waals surface area contributed by atoms with E-state index in [0.717, 1.165) is 0 Å². The fraction of sp³-hybridized carbons (Fsp3) is 0.333. The first-order valence-electron chi connectivity index (χ1n) is 4.34. The largest absolute Gasteiger partial charge is 0.383 e. The van der Waals surface area contributed by atoms with Gasteiger partial charge in [-0.05, 0) is 32.0 Å². The lowest BCUT2D eigenvalue weighted by Crippen LogP contribution is -2.10. The van der Waals surface area contributed by atoms with Gasteiger partial charge in [0, 0.05) is 11.7 Å². The summed E-state index contributed by atoms with van der Waals surface area (Å²) in [5, 5.41) is 3.02. The predicted molar refractivity (Wildman–Crippen MR) is 60.0 cm³/mol. The first-order valence-corrected chi connectivity index (χ1v) is 6.16. The van der Waals surface area contributed by atoms with Crippen LogP contribution in [0.1, 0.15) is 13.8 Å². The number of rotatable bonds is 3. The highest BCUT2D eigenvalue weighted by Crippen LogP contribution is 2.24. The van der Waals surface area contributed by atoms with E-state index >= 15 is 0 Å². The molecule has 1 aromatic carbocycles. The van der Waals surface area contributed by atoms with Crippen molar-refractivity contribution in [2.75, 3.05) is 5.32 Å². The molecule has 0 saturated carbocycles. The molecule has 0 unspecified atom stereocenters. The van der Waals surface area contributed by atoms with E-state index < -0.39 is 10.1 Å². The molecule has 0 radical (unpaired) electrons. The number of anilines is 1. The van der Waals surface area contributed by atoms with Crippen molar-refractivity contribution in [3.8, 4) is 0 Å². The van der Waals surface area contributed by atoms with Crippen molar-refractivity contribution >= 4 is 27.4 Å². The second-order valence-electron chi connectivity index (χ2n) is 3.42. The molecule has 2 N–H and O–H groups in total. The molecule has 6 heteroatoms. The lowest BCUT2D eigenvalue weighted by Gasteiger charge is -2.11. The SMILES string of the molecule is CC(C)Nc1ccc(Cl)c(S(=O)(=O)O)c1. The molecule has 4 nitrogen and oxygen atoms in total. The highest BCUT2D eigenvalue weighted by atomic mass is 35.5. The van der Waals surface area contributed by atoms with Gasteiger partial charge in [0.1, 0.15) is 4.90 Å². The van der Waals surface area contributed by atoms with Gasteiger partial charge in [-0.3, -0.25) is 4.55 Å². The van der Waals surface area contributed by atoms with Crippen LogP contribution in [0.5, 0.6) is 0 Å². The zero-order chi connectivity index (χ0) is 11.6. The number of hydrogen-bond acceptors (Lipinski definition) is 3. The highest BCUT2D eigenvalue weighted by Gasteiger charge is 2.15. The van der Waals surface area contributed by atoms with Crippen molar-refractivity contribution in [1.29, 1.82) is 0 Å². The standard InChI is InChI=1S/C9H12ClNO3S/c1-6(2)11-7-3-4-8(10)9(5-7)15(12,13)14/h3-6,11H,1-2H3,(H,12,13,14). The quantitative estimate of drug-likeness (QED) is 0.808. The maximum absolute atomic E-state index is 10.9. The zero-order valence-electron chi connectivity index (χ0n) is 8.36. The Bertz CT molecular complexity index is 456. The molecule has 0 aromatic heterocycles. The Hall–Kier alpha value is -0.780. The third-order valence-corrected chi connectivity index (χ3v) is 3.00. The average molecular weight is 250 g/mol. The Morgan fingerprint density at radius 2 is 2.00 bits per heavy atom. The summed E-state index contributed by atoms with van der Waals surface area (Å²) in [6, 6.07) is 4.55. The van der Waals surface area contributed by atoms with Crippen LogP contribution in [-0.2, 0) is 10.1 Å². The van der Waals surface area contributed by atoms with Gasteiger partial charge in [0.05, 0.1) is 5.02 Å². The molecule has 0 fully saturated rings. The Labute approximate surface area is 94.0 Å². The molecule has 84 valence electrons. The predicted octanol–water partition coefficient (Wildman–Crippen LogP) is 2.41. The van der Waals surface area contributed by atoms with Crippen LogP contribution in [0.25, 0.3) is 0 Å². The van der Waals surface area contributed by atoms with Crippen LogP contribution in [-0.4, -0.2) is 19.0 Å². The smallest absolute Gasteiger partial charge is 0.296 e. The molecular weight excluding hydrogens is 238 g/mol. The molecular formula is C9H12ClNO3S. The zero-order valence-corrected chi connectivity index (χ0v) is 9.93. The molecule has 1 aromatic rings. The first kappa shape index (κ1) is 12.3. The summed E-state index contributed by atoms with van der Waals surface area (Å²) in [6.45, 7) is 3.84. The van der Waals surface area contributed by atoms with Gasteiger partial charge in [-0.2, -0.15) is 8.42 Å². The van der Waals surface area contributed by atoms with Crippen LogP contribution in [0, 0.1) is 0 Å². The average Bonchev–Trinajstić information content (AvgIpc) is 2.05. The maximum Gasteiger partial charge on any atom is 0.296 e. The fourth-order valence-electron chi connectivity index (χ4n) is 1.12. The van der Waals surface area contributed by atoms with E-state index in [-0.39, 0.29) is 16.0 Å². The Kier molecular flexibility index (Phi) is 3.59. The molecule has 0 amide bonds. The summed E-state index contributed by atoms with van der Waals surface area (Å²) < 4.78 is 30.8. The minimum atomic E-state index is -4.26. The number of hydrogen-bond donors (Lipinski definition) is 2. The molecule has 0 spiro atoms. The molecule has 0 saturated heterocycles. The van der Waals surface area contributed by atoms with Gasteiger partial charge in [-0.1, -0.05) is 11.6 Å². The third kappa shape index (κ3) is 3.37. The lowest BCUT2D eigenvalue weighted by molar-refractivity contribution is 0.483. The molecule has 1 rings (SSSR count). The second kappa shape index (κ2) is 4.38. The van der Waals surface area contributed by atoms with Gasteiger partial charge in [-0.15, -0.1) is 0 Å². The van der Waals surface area contributed by atoms with Crippen LogP contribution in [0.3, 0.4) is 0 Å². The lowest BCUT2D eigenvalue weighted by atomic mass is 10.3. The van der Waals surface area contributed by atoms with E-state index in [2.05, 4.69) is 5.32 Å². The van der Waals surface area contributed by atoms with Gasteiger partial charge in [0.15, 0.2) is 0 Å². The fourth-order valence-corrected chi connectivity index (χ4v) is 2.12. The topological polar surface area (TPSA) is 66.4 Å². The molecule has 0 heterocycles. The van der Waals surface area contributed by atoms with E-state index in [0.29, 0.717) is 5.69 Å². The second-order valence-corrected chi connectivity index (χ2v) is 5.22. The third-order valence-electron chi connectivity index (χ3n) is 1.66. The van der Waals surface area contributed by atoms with Crippen LogP contribution in [0.4, 0.5) is 5.69 Å². The van der Waals surface area contributed by atoms with Crippen LogP contribution in [0.15, 0.2) is 23.1 Å². The van der Waals surface area contributed by atoms with E-state index in [1.165, 1.54) is 12.1 Å². The summed E-state index contributed by atoms with van der Waals surface area (Å²) in [5.74, 6) is 0. The van der Waals surface area contributed by atoms with Crippen molar-refractivity contribution in [3.05, 3.63) is 23.2 Å². The van der Waals surface area contributed by atoms with Crippen LogP contribution >= 0.6 is 11.6 Å². The maximum atomic E-state index is 10.9. The minimum absolute atomic E-state index is 0.00630. The van der Waals surface area contributed by atoms with E-state index in [4.69, 9.17) is 16.2 Å². The molecule has 0 aliphatic carbocycles. The summed E-state index contributed by atoms with van der Waals surface area (Å²) in [6.07, 6.45) is 0. The number of nitrogens with one attached hydrogen (secondary N) is 1. The Balaban J connectivity index is 3.18. The van der Waals surface area contributed by atoms with E-state index in [9.17, 15) is 8.42 Å². The van der Waals surface area contributed by atoms with Gasteiger partial charge in [0.25, 0.3) is 10.1 Å². The summed E-state index contributed by atoms with van der Waals surface area (Å²) in [7, 11) is -4.26. The molecule has 0 aliphatic heterocycles. The van der Waals surface area contributed by atoms with Crippen molar-refractivity contribution < 1.29 is 13.0 Å². The summed E-state index contributed by atoms with van der Waals surface area (Å²) >= 11 is 5.65. The van der Waals surface area contributed by atoms with Gasteiger partial charge in [0.2, 0.25) is 0 Å². The van der Waals surface area contributed by atoms with E-state index in [1.54, 1.807) is 6.07 Å². The molecule has 0 bridgehead atoms. The van der Waals surface area contributed by atoms with Gasteiger partial charge in [-0.25, -0.2) is 0 Å². The monoisotopic (exact) mass is 249 g/mol. The number of benzene rings is 1. The molecule has 15 heavy (non-hydrogen) atoms. The molecule has 0 aliphatic rings. The Morgan fingerprint density at radius 1 is 1.40 bits per heavy atom. The van der Waals surface area contributed by atoms with E-state index in [1.807, 2.05) is 13.8 Å². The summed E-state index contributed by atoms with van der Waals surface area (Å²) in [4.78, 5) is -0.283. The Morgan fingerprint density at radius 3 is 2.47 bits per heavy atom. The first-order chi connectivity index (χ1) is 6.80. The molecule has 0 atom stereocenters. The van der Waals surface area contributed by atoms with Crippen LogP contribution < -0.4 is 5.32 Å². The van der Waals surface area contributed by atoms with Crippen molar-refractivity contribution in [2.24, 2.45) is 0 Å². The van der Waals surface area contributed by atoms with Crippen LogP contribution in [0.2, 0.25) is 5.02 Å².